The maximum atomic E-state index is 4.19. The Balaban J connectivity index is 1.96. The van der Waals surface area contributed by atoms with Gasteiger partial charge in [0.25, 0.3) is 0 Å². The van der Waals surface area contributed by atoms with Crippen molar-refractivity contribution >= 4 is 11.3 Å². The highest BCUT2D eigenvalue weighted by atomic mass is 32.1. The molecular formula is C9H17N3S. The summed E-state index contributed by atoms with van der Waals surface area (Å²) in [7, 11) is 4.20. The van der Waals surface area contributed by atoms with E-state index in [0.29, 0.717) is 0 Å². The molecular weight excluding hydrogens is 182 g/mol. The third kappa shape index (κ3) is 4.98. The van der Waals surface area contributed by atoms with Crippen LogP contribution >= 0.6 is 11.3 Å². The van der Waals surface area contributed by atoms with Gasteiger partial charge < -0.3 is 10.2 Å². The first kappa shape index (κ1) is 10.6. The van der Waals surface area contributed by atoms with Gasteiger partial charge in [0.2, 0.25) is 0 Å². The van der Waals surface area contributed by atoms with Crippen LogP contribution in [-0.2, 0) is 6.54 Å². The first-order valence-electron chi connectivity index (χ1n) is 4.51. The van der Waals surface area contributed by atoms with Crippen LogP contribution in [0.4, 0.5) is 0 Å². The normalized spacial score (nSPS) is 11.0. The molecule has 0 spiro atoms. The average Bonchev–Trinajstić information content (AvgIpc) is 2.55. The molecule has 0 radical (unpaired) electrons. The molecule has 1 heterocycles. The summed E-state index contributed by atoms with van der Waals surface area (Å²) in [4.78, 5) is 6.39. The Morgan fingerprint density at radius 3 is 3.00 bits per heavy atom. The van der Waals surface area contributed by atoms with Gasteiger partial charge in [0.1, 0.15) is 0 Å². The molecule has 0 unspecified atom stereocenters. The smallest absolute Gasteiger partial charge is 0.0795 e. The van der Waals surface area contributed by atoms with E-state index in [4.69, 9.17) is 0 Å². The van der Waals surface area contributed by atoms with Gasteiger partial charge in [-0.3, -0.25) is 0 Å². The fraction of sp³-hybridized carbons (Fsp3) is 0.667. The first-order chi connectivity index (χ1) is 6.29. The molecule has 1 rings (SSSR count). The lowest BCUT2D eigenvalue weighted by Gasteiger charge is -2.08. The summed E-state index contributed by atoms with van der Waals surface area (Å²) in [6.45, 7) is 3.11. The van der Waals surface area contributed by atoms with Crippen LogP contribution in [0.15, 0.2) is 10.9 Å². The Kier molecular flexibility index (Phi) is 4.97. The number of thiazole rings is 1. The van der Waals surface area contributed by atoms with E-state index in [1.54, 1.807) is 11.3 Å². The van der Waals surface area contributed by atoms with Gasteiger partial charge in [0.05, 0.1) is 11.2 Å². The maximum Gasteiger partial charge on any atom is 0.0795 e. The van der Waals surface area contributed by atoms with Gasteiger partial charge in [0.15, 0.2) is 0 Å². The van der Waals surface area contributed by atoms with Crippen LogP contribution in [0.25, 0.3) is 0 Å². The van der Waals surface area contributed by atoms with E-state index < -0.39 is 0 Å². The fourth-order valence-corrected chi connectivity index (χ4v) is 1.62. The molecule has 0 fully saturated rings. The quantitative estimate of drug-likeness (QED) is 0.697. The van der Waals surface area contributed by atoms with Gasteiger partial charge in [-0.2, -0.15) is 0 Å². The minimum Gasteiger partial charge on any atom is -0.311 e. The van der Waals surface area contributed by atoms with Crippen LogP contribution in [-0.4, -0.2) is 37.1 Å². The number of rotatable bonds is 6. The molecule has 3 nitrogen and oxygen atoms in total. The van der Waals surface area contributed by atoms with E-state index >= 15 is 0 Å². The Morgan fingerprint density at radius 1 is 1.54 bits per heavy atom. The maximum absolute atomic E-state index is 4.19. The highest BCUT2D eigenvalue weighted by molar-refractivity contribution is 7.07. The minimum atomic E-state index is 0.900. The molecule has 0 bridgehead atoms. The molecule has 13 heavy (non-hydrogen) atoms. The summed E-state index contributed by atoms with van der Waals surface area (Å²) in [5, 5.41) is 5.44. The molecule has 0 atom stereocenters. The molecule has 0 saturated carbocycles. The third-order valence-electron chi connectivity index (χ3n) is 1.75. The van der Waals surface area contributed by atoms with Crippen molar-refractivity contribution in [1.82, 2.24) is 15.2 Å². The van der Waals surface area contributed by atoms with E-state index in [9.17, 15) is 0 Å². The van der Waals surface area contributed by atoms with Crippen LogP contribution in [0.5, 0.6) is 0 Å². The molecule has 0 aromatic carbocycles. The fourth-order valence-electron chi connectivity index (χ4n) is 1.06. The second kappa shape index (κ2) is 6.07. The van der Waals surface area contributed by atoms with Gasteiger partial charge in [-0.25, -0.2) is 4.98 Å². The van der Waals surface area contributed by atoms with E-state index in [-0.39, 0.29) is 0 Å². The number of hydrogen-bond acceptors (Lipinski definition) is 4. The highest BCUT2D eigenvalue weighted by Gasteiger charge is 1.94. The van der Waals surface area contributed by atoms with Crippen molar-refractivity contribution in [3.8, 4) is 0 Å². The van der Waals surface area contributed by atoms with Crippen molar-refractivity contribution in [2.24, 2.45) is 0 Å². The summed E-state index contributed by atoms with van der Waals surface area (Å²) in [6.07, 6.45) is 1.19. The predicted molar refractivity (Wildman–Crippen MR) is 57.0 cm³/mol. The molecule has 0 aliphatic carbocycles. The van der Waals surface area contributed by atoms with Gasteiger partial charge in [0, 0.05) is 11.9 Å². The van der Waals surface area contributed by atoms with Crippen LogP contribution < -0.4 is 5.32 Å². The van der Waals surface area contributed by atoms with Crippen molar-refractivity contribution in [3.63, 3.8) is 0 Å². The minimum absolute atomic E-state index is 0.900. The summed E-state index contributed by atoms with van der Waals surface area (Å²) in [5.41, 5.74) is 3.02. The zero-order valence-corrected chi connectivity index (χ0v) is 9.10. The third-order valence-corrected chi connectivity index (χ3v) is 2.38. The Bertz CT molecular complexity index is 209. The lowest BCUT2D eigenvalue weighted by molar-refractivity contribution is 0.394. The lowest BCUT2D eigenvalue weighted by atomic mass is 10.4. The molecule has 1 aromatic heterocycles. The van der Waals surface area contributed by atoms with Gasteiger partial charge in [-0.1, -0.05) is 0 Å². The number of nitrogens with one attached hydrogen (secondary N) is 1. The number of hydrogen-bond donors (Lipinski definition) is 1. The van der Waals surface area contributed by atoms with Crippen molar-refractivity contribution in [2.45, 2.75) is 13.0 Å². The van der Waals surface area contributed by atoms with Crippen LogP contribution in [0.3, 0.4) is 0 Å². The molecule has 1 aromatic rings. The highest BCUT2D eigenvalue weighted by Crippen LogP contribution is 1.99. The summed E-state index contributed by atoms with van der Waals surface area (Å²) in [5.74, 6) is 0. The summed E-state index contributed by atoms with van der Waals surface area (Å²) < 4.78 is 0. The van der Waals surface area contributed by atoms with E-state index in [2.05, 4.69) is 34.7 Å². The SMILES string of the molecule is CN(C)CCCNCc1cscn1. The monoisotopic (exact) mass is 199 g/mol. The van der Waals surface area contributed by atoms with Crippen LogP contribution in [0.2, 0.25) is 0 Å². The second-order valence-electron chi connectivity index (χ2n) is 3.31. The molecule has 1 N–H and O–H groups in total. The molecule has 0 aliphatic heterocycles. The average molecular weight is 199 g/mol. The molecule has 74 valence electrons. The topological polar surface area (TPSA) is 28.2 Å². The van der Waals surface area contributed by atoms with E-state index in [0.717, 1.165) is 25.3 Å². The number of aromatic nitrogens is 1. The van der Waals surface area contributed by atoms with Crippen molar-refractivity contribution in [1.29, 1.82) is 0 Å². The lowest BCUT2D eigenvalue weighted by Crippen LogP contribution is -2.21. The summed E-state index contributed by atoms with van der Waals surface area (Å²) >= 11 is 1.65. The van der Waals surface area contributed by atoms with Crippen molar-refractivity contribution in [3.05, 3.63) is 16.6 Å². The largest absolute Gasteiger partial charge is 0.311 e. The van der Waals surface area contributed by atoms with Crippen LogP contribution in [0.1, 0.15) is 12.1 Å². The van der Waals surface area contributed by atoms with Crippen molar-refractivity contribution < 1.29 is 0 Å². The van der Waals surface area contributed by atoms with Gasteiger partial charge >= 0.3 is 0 Å². The summed E-state index contributed by atoms with van der Waals surface area (Å²) in [6, 6.07) is 0. The van der Waals surface area contributed by atoms with Crippen LogP contribution in [0, 0.1) is 0 Å². The van der Waals surface area contributed by atoms with E-state index in [1.165, 1.54) is 6.42 Å². The Morgan fingerprint density at radius 2 is 2.38 bits per heavy atom. The molecule has 0 aliphatic rings. The van der Waals surface area contributed by atoms with Gasteiger partial charge in [-0.05, 0) is 33.6 Å². The zero-order chi connectivity index (χ0) is 9.52. The Labute approximate surface area is 83.8 Å². The standard InChI is InChI=1S/C9H17N3S/c1-12(2)5-3-4-10-6-9-7-13-8-11-9/h7-8,10H,3-6H2,1-2H3. The first-order valence-corrected chi connectivity index (χ1v) is 5.46. The molecule has 0 saturated heterocycles. The Hall–Kier alpha value is -0.450. The predicted octanol–water partition coefficient (Wildman–Crippen LogP) is 1.18. The van der Waals surface area contributed by atoms with Gasteiger partial charge in [-0.15, -0.1) is 11.3 Å². The zero-order valence-electron chi connectivity index (χ0n) is 8.29. The molecule has 0 amide bonds. The second-order valence-corrected chi connectivity index (χ2v) is 4.03. The van der Waals surface area contributed by atoms with Crippen molar-refractivity contribution in [2.75, 3.05) is 27.2 Å². The van der Waals surface area contributed by atoms with E-state index in [1.807, 2.05) is 5.51 Å². The molecule has 4 heteroatoms. The number of nitrogens with zero attached hydrogens (tertiary/aromatic N) is 2.